The Morgan fingerprint density at radius 3 is 3.12 bits per heavy atom. The number of rotatable bonds is 2. The van der Waals surface area contributed by atoms with Gasteiger partial charge in [0, 0.05) is 29.8 Å². The van der Waals surface area contributed by atoms with Crippen molar-refractivity contribution in [3.63, 3.8) is 0 Å². The maximum Gasteiger partial charge on any atom is 0.208 e. The highest BCUT2D eigenvalue weighted by molar-refractivity contribution is 5.92. The molecule has 1 amide bonds. The Labute approximate surface area is 97.9 Å². The molecule has 2 aromatic rings. The third-order valence-corrected chi connectivity index (χ3v) is 3.28. The molecule has 0 radical (unpaired) electrons. The van der Waals surface area contributed by atoms with Gasteiger partial charge in [-0.15, -0.1) is 0 Å². The second kappa shape index (κ2) is 3.29. The number of pyridine rings is 1. The lowest BCUT2D eigenvalue weighted by molar-refractivity contribution is -0.110. The standard InChI is InChI=1S/C13H9N3O/c14-7-13(16-8-17)4-9-2-1-3-10-5-15-6-11(13)12(9)10/h1-3,5-6,8H,4H2,(H,16,17). The lowest BCUT2D eigenvalue weighted by Crippen LogP contribution is -2.40. The van der Waals surface area contributed by atoms with Crippen molar-refractivity contribution in [2.75, 3.05) is 0 Å². The van der Waals surface area contributed by atoms with Gasteiger partial charge in [0.05, 0.1) is 6.07 Å². The van der Waals surface area contributed by atoms with Crippen LogP contribution in [0.5, 0.6) is 0 Å². The van der Waals surface area contributed by atoms with Crippen LogP contribution in [0.15, 0.2) is 30.6 Å². The van der Waals surface area contributed by atoms with Gasteiger partial charge in [-0.05, 0) is 10.9 Å². The highest BCUT2D eigenvalue weighted by Gasteiger charge is 2.40. The van der Waals surface area contributed by atoms with E-state index in [9.17, 15) is 10.1 Å². The summed E-state index contributed by atoms with van der Waals surface area (Å²) in [6.07, 6.45) is 4.52. The first-order chi connectivity index (χ1) is 8.30. The molecule has 1 unspecified atom stereocenters. The van der Waals surface area contributed by atoms with Crippen molar-refractivity contribution in [3.05, 3.63) is 41.7 Å². The fraction of sp³-hybridized carbons (Fsp3) is 0.154. The molecule has 0 spiro atoms. The van der Waals surface area contributed by atoms with Gasteiger partial charge in [-0.2, -0.15) is 5.26 Å². The Morgan fingerprint density at radius 2 is 2.35 bits per heavy atom. The van der Waals surface area contributed by atoms with Crippen molar-refractivity contribution >= 4 is 17.2 Å². The largest absolute Gasteiger partial charge is 0.336 e. The third kappa shape index (κ3) is 1.16. The van der Waals surface area contributed by atoms with E-state index in [2.05, 4.69) is 16.4 Å². The Balaban J connectivity index is 2.36. The van der Waals surface area contributed by atoms with Crippen molar-refractivity contribution in [2.45, 2.75) is 12.0 Å². The SMILES string of the molecule is N#CC1(NC=O)Cc2cccc3cncc1c23. The topological polar surface area (TPSA) is 65.8 Å². The first-order valence-electron chi connectivity index (χ1n) is 5.29. The molecule has 1 aliphatic carbocycles. The molecule has 0 fully saturated rings. The van der Waals surface area contributed by atoms with Crippen LogP contribution in [0.1, 0.15) is 11.1 Å². The molecule has 0 saturated heterocycles. The van der Waals surface area contributed by atoms with Crippen molar-refractivity contribution in [3.8, 4) is 6.07 Å². The predicted molar refractivity (Wildman–Crippen MR) is 61.9 cm³/mol. The minimum Gasteiger partial charge on any atom is -0.336 e. The Bertz CT molecular complexity index is 654. The summed E-state index contributed by atoms with van der Waals surface area (Å²) in [6, 6.07) is 8.09. The van der Waals surface area contributed by atoms with Crippen molar-refractivity contribution in [1.29, 1.82) is 5.26 Å². The molecule has 1 atom stereocenters. The molecule has 1 aromatic heterocycles. The van der Waals surface area contributed by atoms with Crippen LogP contribution in [0.2, 0.25) is 0 Å². The van der Waals surface area contributed by atoms with Gasteiger partial charge >= 0.3 is 0 Å². The summed E-state index contributed by atoms with van der Waals surface area (Å²) < 4.78 is 0. The van der Waals surface area contributed by atoms with Crippen LogP contribution < -0.4 is 5.32 Å². The number of nitriles is 1. The van der Waals surface area contributed by atoms with Crippen LogP contribution in [-0.4, -0.2) is 11.4 Å². The van der Waals surface area contributed by atoms with E-state index in [0.717, 1.165) is 21.9 Å². The molecule has 1 N–H and O–H groups in total. The number of carbonyl (C=O) groups is 1. The van der Waals surface area contributed by atoms with Gasteiger partial charge in [0.25, 0.3) is 0 Å². The number of nitrogens with zero attached hydrogens (tertiary/aromatic N) is 2. The minimum absolute atomic E-state index is 0.501. The number of benzene rings is 1. The van der Waals surface area contributed by atoms with Gasteiger partial charge in [0.15, 0.2) is 5.54 Å². The normalized spacial score (nSPS) is 21.1. The monoisotopic (exact) mass is 223 g/mol. The highest BCUT2D eigenvalue weighted by Crippen LogP contribution is 2.39. The molecule has 4 nitrogen and oxygen atoms in total. The molecule has 3 rings (SSSR count). The fourth-order valence-corrected chi connectivity index (χ4v) is 2.53. The second-order valence-electron chi connectivity index (χ2n) is 4.16. The zero-order valence-electron chi connectivity index (χ0n) is 8.97. The number of aromatic nitrogens is 1. The van der Waals surface area contributed by atoms with Crippen LogP contribution in [0.25, 0.3) is 10.8 Å². The number of nitrogens with one attached hydrogen (secondary N) is 1. The van der Waals surface area contributed by atoms with Crippen LogP contribution in [0.3, 0.4) is 0 Å². The Kier molecular flexibility index (Phi) is 1.89. The average Bonchev–Trinajstić information content (AvgIpc) is 2.68. The summed E-state index contributed by atoms with van der Waals surface area (Å²) in [7, 11) is 0. The van der Waals surface area contributed by atoms with Crippen LogP contribution in [0.4, 0.5) is 0 Å². The number of hydrogen-bond acceptors (Lipinski definition) is 3. The van der Waals surface area contributed by atoms with E-state index < -0.39 is 5.54 Å². The van der Waals surface area contributed by atoms with Gasteiger partial charge in [0.1, 0.15) is 0 Å². The minimum atomic E-state index is -0.960. The van der Waals surface area contributed by atoms with Gasteiger partial charge < -0.3 is 5.32 Å². The molecular formula is C13H9N3O. The quantitative estimate of drug-likeness (QED) is 0.779. The summed E-state index contributed by atoms with van der Waals surface area (Å²) in [5.41, 5.74) is 0.911. The lowest BCUT2D eigenvalue weighted by Gasteiger charge is -2.20. The van der Waals surface area contributed by atoms with Crippen LogP contribution in [0, 0.1) is 11.3 Å². The second-order valence-corrected chi connectivity index (χ2v) is 4.16. The molecule has 0 aliphatic heterocycles. The number of carbonyl (C=O) groups excluding carboxylic acids is 1. The highest BCUT2D eigenvalue weighted by atomic mass is 16.1. The van der Waals surface area contributed by atoms with Crippen molar-refractivity contribution in [2.24, 2.45) is 0 Å². The van der Waals surface area contributed by atoms with E-state index in [-0.39, 0.29) is 0 Å². The molecule has 1 heterocycles. The van der Waals surface area contributed by atoms with Gasteiger partial charge in [-0.25, -0.2) is 0 Å². The van der Waals surface area contributed by atoms with E-state index >= 15 is 0 Å². The van der Waals surface area contributed by atoms with Gasteiger partial charge in [0.2, 0.25) is 6.41 Å². The maximum absolute atomic E-state index is 10.7. The molecule has 1 aliphatic rings. The van der Waals surface area contributed by atoms with Crippen LogP contribution >= 0.6 is 0 Å². The first kappa shape index (κ1) is 9.79. The molecule has 82 valence electrons. The molecular weight excluding hydrogens is 214 g/mol. The zero-order chi connectivity index (χ0) is 11.9. The van der Waals surface area contributed by atoms with Gasteiger partial charge in [-0.1, -0.05) is 18.2 Å². The summed E-state index contributed by atoms with van der Waals surface area (Å²) in [5.74, 6) is 0. The predicted octanol–water partition coefficient (Wildman–Crippen LogP) is 1.26. The summed E-state index contributed by atoms with van der Waals surface area (Å²) in [6.45, 7) is 0. The molecule has 0 bridgehead atoms. The van der Waals surface area contributed by atoms with Crippen molar-refractivity contribution < 1.29 is 4.79 Å². The molecule has 0 saturated carbocycles. The summed E-state index contributed by atoms with van der Waals surface area (Å²) >= 11 is 0. The Hall–Kier alpha value is -2.41. The van der Waals surface area contributed by atoms with Gasteiger partial charge in [-0.3, -0.25) is 9.78 Å². The smallest absolute Gasteiger partial charge is 0.208 e. The Morgan fingerprint density at radius 1 is 1.47 bits per heavy atom. The van der Waals surface area contributed by atoms with E-state index in [4.69, 9.17) is 0 Å². The zero-order valence-corrected chi connectivity index (χ0v) is 8.97. The van der Waals surface area contributed by atoms with E-state index in [1.54, 1.807) is 12.4 Å². The van der Waals surface area contributed by atoms with E-state index in [1.807, 2.05) is 18.2 Å². The summed E-state index contributed by atoms with van der Waals surface area (Å²) in [4.78, 5) is 14.8. The molecule has 17 heavy (non-hydrogen) atoms. The maximum atomic E-state index is 10.7. The first-order valence-corrected chi connectivity index (χ1v) is 5.29. The average molecular weight is 223 g/mol. The fourth-order valence-electron chi connectivity index (χ4n) is 2.53. The molecule has 1 aromatic carbocycles. The van der Waals surface area contributed by atoms with Crippen LogP contribution in [-0.2, 0) is 16.8 Å². The molecule has 4 heteroatoms. The van der Waals surface area contributed by atoms with Crippen molar-refractivity contribution in [1.82, 2.24) is 10.3 Å². The third-order valence-electron chi connectivity index (χ3n) is 3.28. The number of amides is 1. The lowest BCUT2D eigenvalue weighted by atomic mass is 9.94. The van der Waals surface area contributed by atoms with E-state index in [0.29, 0.717) is 12.8 Å². The summed E-state index contributed by atoms with van der Waals surface area (Å²) in [5, 5.41) is 14.0. The number of hydrogen-bond donors (Lipinski definition) is 1. The van der Waals surface area contributed by atoms with E-state index in [1.165, 1.54) is 0 Å².